The fourth-order valence-corrected chi connectivity index (χ4v) is 2.02. The second kappa shape index (κ2) is 5.31. The zero-order valence-corrected chi connectivity index (χ0v) is 11.1. The third-order valence-corrected chi connectivity index (χ3v) is 3.03. The predicted molar refractivity (Wildman–Crippen MR) is 64.9 cm³/mol. The lowest BCUT2D eigenvalue weighted by atomic mass is 10.0. The van der Waals surface area contributed by atoms with Gasteiger partial charge in [0.2, 0.25) is 0 Å². The lowest BCUT2D eigenvalue weighted by Crippen LogP contribution is -2.30. The van der Waals surface area contributed by atoms with Crippen molar-refractivity contribution < 1.29 is 32.5 Å². The molecule has 2 rings (SSSR count). The van der Waals surface area contributed by atoms with Gasteiger partial charge in [-0.15, -0.1) is 13.2 Å². The molecule has 114 valence electrons. The Morgan fingerprint density at radius 1 is 1.24 bits per heavy atom. The van der Waals surface area contributed by atoms with Gasteiger partial charge in [-0.2, -0.15) is 0 Å². The van der Waals surface area contributed by atoms with Crippen LogP contribution in [0.5, 0.6) is 11.5 Å². The Hall–Kier alpha value is -2.18. The van der Waals surface area contributed by atoms with Gasteiger partial charge in [0, 0.05) is 18.4 Å². The average molecular weight is 301 g/mol. The molecule has 0 aromatic heterocycles. The predicted octanol–water partition coefficient (Wildman–Crippen LogP) is 2.44. The maximum atomic E-state index is 12.4. The van der Waals surface area contributed by atoms with Crippen molar-refractivity contribution in [2.24, 2.45) is 0 Å². The molecule has 0 saturated heterocycles. The van der Waals surface area contributed by atoms with Gasteiger partial charge in [0.1, 0.15) is 5.60 Å². The molecule has 21 heavy (non-hydrogen) atoms. The van der Waals surface area contributed by atoms with Crippen LogP contribution >= 0.6 is 0 Å². The van der Waals surface area contributed by atoms with Crippen LogP contribution in [-0.2, 0) is 0 Å². The Morgan fingerprint density at radius 3 is 2.38 bits per heavy atom. The van der Waals surface area contributed by atoms with Gasteiger partial charge in [-0.25, -0.2) is 0 Å². The molecule has 0 radical (unpaired) electrons. The first-order valence-corrected chi connectivity index (χ1v) is 6.14. The highest BCUT2D eigenvalue weighted by atomic mass is 19.4. The topological polar surface area (TPSA) is 58.6 Å². The summed E-state index contributed by atoms with van der Waals surface area (Å²) in [6.45, 7) is 1.72. The van der Waals surface area contributed by atoms with E-state index in [1.807, 2.05) is 12.2 Å². The number of carbonyl (C=O) groups is 1. The minimum atomic E-state index is -4.89. The van der Waals surface area contributed by atoms with E-state index in [0.717, 1.165) is 18.2 Å². The van der Waals surface area contributed by atoms with Crippen molar-refractivity contribution in [2.75, 3.05) is 0 Å². The van der Waals surface area contributed by atoms with Crippen LogP contribution in [0.4, 0.5) is 13.2 Å². The van der Waals surface area contributed by atoms with Crippen LogP contribution in [0.15, 0.2) is 30.4 Å². The SMILES string of the molecule is CC1(Oc2cc(C(=O)[O-])ccc2OC(F)(F)F)CC=CC1. The van der Waals surface area contributed by atoms with Crippen molar-refractivity contribution in [3.05, 3.63) is 35.9 Å². The molecule has 0 amide bonds. The van der Waals surface area contributed by atoms with Crippen molar-refractivity contribution in [1.29, 1.82) is 0 Å². The van der Waals surface area contributed by atoms with Crippen LogP contribution < -0.4 is 14.6 Å². The van der Waals surface area contributed by atoms with Gasteiger partial charge in [-0.1, -0.05) is 12.2 Å². The summed E-state index contributed by atoms with van der Waals surface area (Å²) in [6.07, 6.45) is -0.197. The van der Waals surface area contributed by atoms with E-state index in [4.69, 9.17) is 4.74 Å². The Labute approximate surface area is 118 Å². The molecule has 1 aliphatic carbocycles. The number of benzene rings is 1. The highest BCUT2D eigenvalue weighted by Crippen LogP contribution is 2.38. The van der Waals surface area contributed by atoms with E-state index < -0.39 is 23.7 Å². The highest BCUT2D eigenvalue weighted by molar-refractivity contribution is 5.86. The molecule has 0 atom stereocenters. The lowest BCUT2D eigenvalue weighted by Gasteiger charge is -2.27. The van der Waals surface area contributed by atoms with E-state index >= 15 is 0 Å². The maximum absolute atomic E-state index is 12.4. The minimum absolute atomic E-state index is 0.278. The first kappa shape index (κ1) is 15.2. The quantitative estimate of drug-likeness (QED) is 0.801. The van der Waals surface area contributed by atoms with Gasteiger partial charge in [0.15, 0.2) is 11.5 Å². The molecular formula is C14H12F3O4-. The number of alkyl halides is 3. The van der Waals surface area contributed by atoms with Gasteiger partial charge >= 0.3 is 6.36 Å². The zero-order valence-electron chi connectivity index (χ0n) is 11.1. The van der Waals surface area contributed by atoms with E-state index in [-0.39, 0.29) is 11.3 Å². The number of halogens is 3. The molecule has 0 aliphatic heterocycles. The van der Waals surface area contributed by atoms with Gasteiger partial charge in [-0.3, -0.25) is 0 Å². The fourth-order valence-electron chi connectivity index (χ4n) is 2.02. The third kappa shape index (κ3) is 3.90. The zero-order chi connectivity index (χ0) is 15.7. The standard InChI is InChI=1S/C14H13F3O4/c1-13(6-2-3-7-13)20-11-8-9(12(18)19)4-5-10(11)21-14(15,16)17/h2-5,8H,6-7H2,1H3,(H,18,19)/p-1. The molecule has 0 heterocycles. The minimum Gasteiger partial charge on any atom is -0.545 e. The number of carbonyl (C=O) groups excluding carboxylic acids is 1. The van der Waals surface area contributed by atoms with E-state index in [0.29, 0.717) is 12.8 Å². The molecular weight excluding hydrogens is 289 g/mol. The van der Waals surface area contributed by atoms with E-state index in [9.17, 15) is 23.1 Å². The molecule has 0 fully saturated rings. The first-order chi connectivity index (χ1) is 9.69. The highest BCUT2D eigenvalue weighted by Gasteiger charge is 2.34. The van der Waals surface area contributed by atoms with Crippen molar-refractivity contribution in [1.82, 2.24) is 0 Å². The molecule has 0 unspecified atom stereocenters. The van der Waals surface area contributed by atoms with Crippen LogP contribution in [-0.4, -0.2) is 17.9 Å². The smallest absolute Gasteiger partial charge is 0.545 e. The van der Waals surface area contributed by atoms with Crippen molar-refractivity contribution in [3.8, 4) is 11.5 Å². The molecule has 1 aromatic rings. The Bertz CT molecular complexity index is 570. The lowest BCUT2D eigenvalue weighted by molar-refractivity contribution is -0.275. The number of aromatic carboxylic acids is 1. The Balaban J connectivity index is 2.33. The maximum Gasteiger partial charge on any atom is 0.573 e. The molecule has 1 aliphatic rings. The summed E-state index contributed by atoms with van der Waals surface area (Å²) < 4.78 is 46.5. The number of ether oxygens (including phenoxy) is 2. The molecule has 1 aromatic carbocycles. The summed E-state index contributed by atoms with van der Waals surface area (Å²) in [5.41, 5.74) is -1.01. The number of carboxylic acids is 1. The monoisotopic (exact) mass is 301 g/mol. The fraction of sp³-hybridized carbons (Fsp3) is 0.357. The molecule has 0 spiro atoms. The average Bonchev–Trinajstić information content (AvgIpc) is 2.76. The number of carboxylic acid groups (broad SMARTS) is 1. The Morgan fingerprint density at radius 2 is 1.86 bits per heavy atom. The van der Waals surface area contributed by atoms with Gasteiger partial charge < -0.3 is 19.4 Å². The van der Waals surface area contributed by atoms with Gasteiger partial charge in [0.25, 0.3) is 0 Å². The molecule has 4 nitrogen and oxygen atoms in total. The molecule has 0 bridgehead atoms. The van der Waals surface area contributed by atoms with Crippen LogP contribution in [0.25, 0.3) is 0 Å². The normalized spacial score (nSPS) is 16.8. The second-order valence-corrected chi connectivity index (χ2v) is 4.93. The van der Waals surface area contributed by atoms with Crippen molar-refractivity contribution >= 4 is 5.97 Å². The summed E-state index contributed by atoms with van der Waals surface area (Å²) in [6, 6.07) is 2.85. The summed E-state index contributed by atoms with van der Waals surface area (Å²) in [5, 5.41) is 10.8. The largest absolute Gasteiger partial charge is 0.573 e. The molecule has 0 saturated carbocycles. The van der Waals surface area contributed by atoms with E-state index in [2.05, 4.69) is 4.74 Å². The van der Waals surface area contributed by atoms with Crippen LogP contribution in [0.2, 0.25) is 0 Å². The number of rotatable bonds is 4. The summed E-state index contributed by atoms with van der Waals surface area (Å²) >= 11 is 0. The molecule has 7 heteroatoms. The number of hydrogen-bond acceptors (Lipinski definition) is 4. The molecule has 0 N–H and O–H groups in total. The first-order valence-electron chi connectivity index (χ1n) is 6.14. The van der Waals surface area contributed by atoms with E-state index in [1.165, 1.54) is 0 Å². The van der Waals surface area contributed by atoms with Crippen molar-refractivity contribution in [2.45, 2.75) is 31.7 Å². The van der Waals surface area contributed by atoms with Crippen molar-refractivity contribution in [3.63, 3.8) is 0 Å². The Kier molecular flexibility index (Phi) is 3.85. The summed E-state index contributed by atoms with van der Waals surface area (Å²) in [4.78, 5) is 10.8. The second-order valence-electron chi connectivity index (χ2n) is 4.93. The summed E-state index contributed by atoms with van der Waals surface area (Å²) in [7, 11) is 0. The van der Waals surface area contributed by atoms with Crippen LogP contribution in [0, 0.1) is 0 Å². The van der Waals surface area contributed by atoms with Gasteiger partial charge in [-0.05, 0) is 25.1 Å². The van der Waals surface area contributed by atoms with E-state index in [1.54, 1.807) is 6.92 Å². The van der Waals surface area contributed by atoms with Crippen LogP contribution in [0.1, 0.15) is 30.1 Å². The third-order valence-electron chi connectivity index (χ3n) is 3.03. The summed E-state index contributed by atoms with van der Waals surface area (Å²) in [5.74, 6) is -2.37. The van der Waals surface area contributed by atoms with Gasteiger partial charge in [0.05, 0.1) is 5.97 Å². The number of hydrogen-bond donors (Lipinski definition) is 0. The van der Waals surface area contributed by atoms with Crippen LogP contribution in [0.3, 0.4) is 0 Å².